The lowest BCUT2D eigenvalue weighted by atomic mass is 9.65. The molecule has 6 rings (SSSR count). The second-order valence-corrected chi connectivity index (χ2v) is 12.0. The Morgan fingerprint density at radius 3 is 1.97 bits per heavy atom. The maximum Gasteiger partial charge on any atom is 0.409 e. The number of ether oxygens (including phenoxy) is 1. The number of rotatable bonds is 5. The molecule has 1 N–H and O–H groups in total. The number of benzene rings is 2. The molecule has 2 heterocycles. The average Bonchev–Trinajstić information content (AvgIpc) is 3.26. The van der Waals surface area contributed by atoms with Crippen LogP contribution in [0.25, 0.3) is 11.1 Å². The average molecular weight is 487 g/mol. The Kier molecular flexibility index (Phi) is 7.06. The zero-order chi connectivity index (χ0) is 24.4. The number of carbonyl (C=O) groups excluding carboxylic acids is 1. The number of hydrogen-bond donors (Lipinski definition) is 1. The number of likely N-dealkylation sites (tertiary alicyclic amines) is 1. The smallest absolute Gasteiger partial charge is 0.409 e. The summed E-state index contributed by atoms with van der Waals surface area (Å²) < 4.78 is 5.91. The third-order valence-corrected chi connectivity index (χ3v) is 10.0. The Morgan fingerprint density at radius 1 is 0.806 bits per heavy atom. The normalized spacial score (nSPS) is 22.4. The summed E-state index contributed by atoms with van der Waals surface area (Å²) in [6, 6.07) is 17.1. The number of fused-ring (bicyclic) bond motifs is 3. The molecule has 3 fully saturated rings. The van der Waals surface area contributed by atoms with Gasteiger partial charge in [-0.3, -0.25) is 0 Å². The summed E-state index contributed by atoms with van der Waals surface area (Å²) >= 11 is 0. The van der Waals surface area contributed by atoms with Crippen molar-refractivity contribution in [3.63, 3.8) is 0 Å². The predicted octanol–water partition coefficient (Wildman–Crippen LogP) is 6.99. The van der Waals surface area contributed by atoms with Crippen molar-refractivity contribution < 1.29 is 9.53 Å². The van der Waals surface area contributed by atoms with E-state index >= 15 is 0 Å². The number of hydrogen-bond acceptors (Lipinski definition) is 3. The zero-order valence-corrected chi connectivity index (χ0v) is 21.7. The molecule has 0 radical (unpaired) electrons. The number of nitrogens with one attached hydrogen (secondary N) is 1. The van der Waals surface area contributed by atoms with Gasteiger partial charge in [-0.05, 0) is 104 Å². The first-order valence-corrected chi connectivity index (χ1v) is 14.5. The number of nitrogens with zero attached hydrogens (tertiary/aromatic N) is 1. The van der Waals surface area contributed by atoms with Crippen LogP contribution in [0.2, 0.25) is 0 Å². The van der Waals surface area contributed by atoms with Crippen LogP contribution in [-0.2, 0) is 4.74 Å². The topological polar surface area (TPSA) is 41.6 Å². The van der Waals surface area contributed by atoms with Crippen LogP contribution >= 0.6 is 0 Å². The highest BCUT2D eigenvalue weighted by Crippen LogP contribution is 2.47. The van der Waals surface area contributed by atoms with E-state index in [1.54, 1.807) is 0 Å². The van der Waals surface area contributed by atoms with Crippen LogP contribution in [0.1, 0.15) is 81.3 Å². The van der Waals surface area contributed by atoms with Crippen molar-refractivity contribution in [1.82, 2.24) is 10.2 Å². The summed E-state index contributed by atoms with van der Waals surface area (Å²) in [5.41, 5.74) is 5.78. The van der Waals surface area contributed by atoms with E-state index in [0.717, 1.165) is 37.8 Å². The fraction of sp³-hybridized carbons (Fsp3) is 0.594. The Balaban J connectivity index is 0.943. The summed E-state index contributed by atoms with van der Waals surface area (Å²) in [5.74, 6) is 1.85. The Bertz CT molecular complexity index is 996. The van der Waals surface area contributed by atoms with E-state index in [-0.39, 0.29) is 12.0 Å². The first-order chi connectivity index (χ1) is 17.7. The third-order valence-electron chi connectivity index (χ3n) is 10.0. The van der Waals surface area contributed by atoms with E-state index < -0.39 is 0 Å². The first kappa shape index (κ1) is 24.0. The van der Waals surface area contributed by atoms with Crippen molar-refractivity contribution in [2.24, 2.45) is 17.3 Å². The molecule has 0 unspecified atom stereocenters. The van der Waals surface area contributed by atoms with Crippen molar-refractivity contribution in [3.05, 3.63) is 59.7 Å². The van der Waals surface area contributed by atoms with Crippen LogP contribution < -0.4 is 5.32 Å². The van der Waals surface area contributed by atoms with Crippen molar-refractivity contribution in [2.75, 3.05) is 32.8 Å². The molecule has 1 amide bonds. The lowest BCUT2D eigenvalue weighted by Crippen LogP contribution is -2.40. The minimum Gasteiger partial charge on any atom is -0.448 e. The Morgan fingerprint density at radius 2 is 1.36 bits per heavy atom. The van der Waals surface area contributed by atoms with Crippen LogP contribution in [0, 0.1) is 17.3 Å². The van der Waals surface area contributed by atoms with Crippen LogP contribution in [-0.4, -0.2) is 43.8 Å². The molecule has 0 atom stereocenters. The van der Waals surface area contributed by atoms with Crippen molar-refractivity contribution in [2.45, 2.75) is 70.1 Å². The molecule has 4 aliphatic rings. The van der Waals surface area contributed by atoms with E-state index in [1.807, 2.05) is 4.90 Å². The van der Waals surface area contributed by atoms with E-state index in [9.17, 15) is 4.79 Å². The van der Waals surface area contributed by atoms with E-state index in [4.69, 9.17) is 4.74 Å². The van der Waals surface area contributed by atoms with Gasteiger partial charge in [0.1, 0.15) is 6.61 Å². The quantitative estimate of drug-likeness (QED) is 0.495. The van der Waals surface area contributed by atoms with E-state index in [0.29, 0.717) is 12.0 Å². The largest absolute Gasteiger partial charge is 0.448 e. The highest BCUT2D eigenvalue weighted by Gasteiger charge is 2.36. The van der Waals surface area contributed by atoms with Gasteiger partial charge in [0.05, 0.1) is 0 Å². The van der Waals surface area contributed by atoms with Gasteiger partial charge in [-0.25, -0.2) is 4.79 Å². The summed E-state index contributed by atoms with van der Waals surface area (Å²) in [4.78, 5) is 14.9. The van der Waals surface area contributed by atoms with Gasteiger partial charge in [-0.1, -0.05) is 61.4 Å². The maximum absolute atomic E-state index is 12.9. The fourth-order valence-electron chi connectivity index (χ4n) is 7.60. The summed E-state index contributed by atoms with van der Waals surface area (Å²) in [6.07, 6.45) is 13.5. The Hall–Kier alpha value is -2.33. The van der Waals surface area contributed by atoms with Gasteiger partial charge in [0.2, 0.25) is 0 Å². The zero-order valence-electron chi connectivity index (χ0n) is 21.7. The standard InChI is InChI=1S/C32H42N2O2/c35-31(36-23-30-28-7-3-1-5-26(28)27-6-2-4-8-29(27)30)34-21-13-25(14-22-34)10-9-24-11-15-32(16-12-24)17-19-33-20-18-32/h1-8,24-25,30,33H,9-23H2. The van der Waals surface area contributed by atoms with Gasteiger partial charge < -0.3 is 15.0 Å². The van der Waals surface area contributed by atoms with Crippen LogP contribution in [0.5, 0.6) is 0 Å². The lowest BCUT2D eigenvalue weighted by molar-refractivity contribution is 0.0805. The molecule has 0 bridgehead atoms. The molecular weight excluding hydrogens is 444 g/mol. The van der Waals surface area contributed by atoms with Crippen LogP contribution in [0.15, 0.2) is 48.5 Å². The second kappa shape index (κ2) is 10.6. The van der Waals surface area contributed by atoms with Crippen LogP contribution in [0.3, 0.4) is 0 Å². The summed E-state index contributed by atoms with van der Waals surface area (Å²) in [7, 11) is 0. The second-order valence-electron chi connectivity index (χ2n) is 12.0. The molecule has 36 heavy (non-hydrogen) atoms. The van der Waals surface area contributed by atoms with E-state index in [2.05, 4.69) is 53.8 Å². The van der Waals surface area contributed by atoms with Crippen molar-refractivity contribution >= 4 is 6.09 Å². The summed E-state index contributed by atoms with van der Waals surface area (Å²) in [6.45, 7) is 4.58. The van der Waals surface area contributed by atoms with Gasteiger partial charge in [0.25, 0.3) is 0 Å². The predicted molar refractivity (Wildman–Crippen MR) is 145 cm³/mol. The van der Waals surface area contributed by atoms with Gasteiger partial charge in [0.15, 0.2) is 0 Å². The molecule has 2 saturated heterocycles. The highest BCUT2D eigenvalue weighted by atomic mass is 16.6. The van der Waals surface area contributed by atoms with Crippen molar-refractivity contribution in [3.8, 4) is 11.1 Å². The van der Waals surface area contributed by atoms with E-state index in [1.165, 1.54) is 86.7 Å². The minimum absolute atomic E-state index is 0.130. The molecular formula is C32H42N2O2. The fourth-order valence-corrected chi connectivity index (χ4v) is 7.60. The molecule has 1 spiro atoms. The van der Waals surface area contributed by atoms with Crippen molar-refractivity contribution in [1.29, 1.82) is 0 Å². The molecule has 2 aliphatic heterocycles. The highest BCUT2D eigenvalue weighted by molar-refractivity contribution is 5.79. The monoisotopic (exact) mass is 486 g/mol. The SMILES string of the molecule is O=C(OCC1c2ccccc2-c2ccccc21)N1CCC(CCC2CCC3(CCNCC3)CC2)CC1. The maximum atomic E-state index is 12.9. The van der Waals surface area contributed by atoms with Gasteiger partial charge in [-0.2, -0.15) is 0 Å². The molecule has 0 aromatic heterocycles. The Labute approximate surface area is 216 Å². The molecule has 2 aromatic carbocycles. The first-order valence-electron chi connectivity index (χ1n) is 14.5. The molecule has 192 valence electrons. The number of piperidine rings is 2. The van der Waals surface area contributed by atoms with Crippen LogP contribution in [0.4, 0.5) is 4.79 Å². The van der Waals surface area contributed by atoms with Gasteiger partial charge in [-0.15, -0.1) is 0 Å². The number of amides is 1. The number of carbonyl (C=O) groups is 1. The molecule has 4 nitrogen and oxygen atoms in total. The van der Waals surface area contributed by atoms with Gasteiger partial charge in [0, 0.05) is 19.0 Å². The third kappa shape index (κ3) is 4.94. The molecule has 1 saturated carbocycles. The van der Waals surface area contributed by atoms with Gasteiger partial charge >= 0.3 is 6.09 Å². The molecule has 4 heteroatoms. The molecule has 2 aliphatic carbocycles. The minimum atomic E-state index is -0.130. The summed E-state index contributed by atoms with van der Waals surface area (Å²) in [5, 5.41) is 3.54. The lowest BCUT2D eigenvalue weighted by Gasteiger charge is -2.43. The molecule has 2 aromatic rings.